The molecule has 1 aromatic heterocycles. The lowest BCUT2D eigenvalue weighted by Crippen LogP contribution is -2.34. The van der Waals surface area contributed by atoms with Gasteiger partial charge < -0.3 is 4.90 Å². The quantitative estimate of drug-likeness (QED) is 0.863. The highest BCUT2D eigenvalue weighted by Crippen LogP contribution is 2.35. The van der Waals surface area contributed by atoms with Crippen LogP contribution < -0.4 is 0 Å². The van der Waals surface area contributed by atoms with Gasteiger partial charge in [-0.25, -0.2) is 0 Å². The summed E-state index contributed by atoms with van der Waals surface area (Å²) in [6, 6.07) is 12.4. The smallest absolute Gasteiger partial charge is 0.227 e. The number of aromatic nitrogens is 1. The number of hydrogen-bond acceptors (Lipinski definition) is 3. The maximum atomic E-state index is 12.5. The molecule has 1 saturated heterocycles. The monoisotopic (exact) mass is 326 g/mol. The summed E-state index contributed by atoms with van der Waals surface area (Å²) in [5.74, 6) is 1.21. The molecule has 0 aliphatic carbocycles. The molecule has 1 aliphatic rings. The van der Waals surface area contributed by atoms with Gasteiger partial charge >= 0.3 is 0 Å². The van der Waals surface area contributed by atoms with Crippen LogP contribution in [0, 0.1) is 6.92 Å². The van der Waals surface area contributed by atoms with Crippen molar-refractivity contribution in [2.45, 2.75) is 25.0 Å². The Bertz CT molecular complexity index is 659. The predicted octanol–water partition coefficient (Wildman–Crippen LogP) is 3.64. The molecule has 3 rings (SSSR count). The van der Waals surface area contributed by atoms with Crippen molar-refractivity contribution >= 4 is 17.7 Å². The maximum Gasteiger partial charge on any atom is 0.227 e. The van der Waals surface area contributed by atoms with Crippen LogP contribution in [0.5, 0.6) is 0 Å². The molecule has 1 aromatic carbocycles. The number of amides is 1. The van der Waals surface area contributed by atoms with E-state index in [2.05, 4.69) is 36.2 Å². The number of carbonyl (C=O) groups is 1. The van der Waals surface area contributed by atoms with Gasteiger partial charge in [0.15, 0.2) is 0 Å². The Balaban J connectivity index is 1.62. The van der Waals surface area contributed by atoms with Crippen molar-refractivity contribution in [2.24, 2.45) is 0 Å². The highest BCUT2D eigenvalue weighted by atomic mass is 32.2. The van der Waals surface area contributed by atoms with Gasteiger partial charge in [0.2, 0.25) is 5.91 Å². The van der Waals surface area contributed by atoms with E-state index >= 15 is 0 Å². The van der Waals surface area contributed by atoms with Crippen molar-refractivity contribution < 1.29 is 4.79 Å². The van der Waals surface area contributed by atoms with Gasteiger partial charge in [-0.3, -0.25) is 9.78 Å². The SMILES string of the molecule is Cc1ccccc1[C@H]1CCN(C(=O)Cc2cccnc2)CCS1. The summed E-state index contributed by atoms with van der Waals surface area (Å²) in [5, 5.41) is 0.493. The second-order valence-electron chi connectivity index (χ2n) is 5.92. The molecule has 23 heavy (non-hydrogen) atoms. The van der Waals surface area contributed by atoms with Crippen LogP contribution in [0.2, 0.25) is 0 Å². The first-order chi connectivity index (χ1) is 11.2. The maximum absolute atomic E-state index is 12.5. The number of nitrogens with zero attached hydrogens (tertiary/aromatic N) is 2. The molecule has 120 valence electrons. The summed E-state index contributed by atoms with van der Waals surface area (Å²) in [6.07, 6.45) is 4.99. The number of carbonyl (C=O) groups excluding carboxylic acids is 1. The van der Waals surface area contributed by atoms with E-state index in [1.165, 1.54) is 11.1 Å². The molecule has 2 aromatic rings. The summed E-state index contributed by atoms with van der Waals surface area (Å²) in [4.78, 5) is 18.6. The van der Waals surface area contributed by atoms with E-state index in [-0.39, 0.29) is 5.91 Å². The number of pyridine rings is 1. The van der Waals surface area contributed by atoms with Crippen LogP contribution in [-0.4, -0.2) is 34.6 Å². The number of benzene rings is 1. The fourth-order valence-corrected chi connectivity index (χ4v) is 4.33. The molecule has 0 unspecified atom stereocenters. The highest BCUT2D eigenvalue weighted by molar-refractivity contribution is 7.99. The van der Waals surface area contributed by atoms with Gasteiger partial charge in [-0.2, -0.15) is 11.8 Å². The summed E-state index contributed by atoms with van der Waals surface area (Å²) < 4.78 is 0. The second kappa shape index (κ2) is 7.64. The van der Waals surface area contributed by atoms with E-state index in [0.717, 1.165) is 30.8 Å². The van der Waals surface area contributed by atoms with Crippen LogP contribution >= 0.6 is 11.8 Å². The van der Waals surface area contributed by atoms with Crippen LogP contribution in [0.25, 0.3) is 0 Å². The number of thioether (sulfide) groups is 1. The van der Waals surface area contributed by atoms with Crippen molar-refractivity contribution in [1.29, 1.82) is 0 Å². The summed E-state index contributed by atoms with van der Waals surface area (Å²) >= 11 is 1.97. The molecule has 1 amide bonds. The molecular formula is C19H22N2OS. The van der Waals surface area contributed by atoms with Crippen molar-refractivity contribution in [3.63, 3.8) is 0 Å². The average Bonchev–Trinajstić information content (AvgIpc) is 2.82. The molecule has 2 heterocycles. The zero-order chi connectivity index (χ0) is 16.1. The van der Waals surface area contributed by atoms with Gasteiger partial charge in [0.05, 0.1) is 6.42 Å². The lowest BCUT2D eigenvalue weighted by atomic mass is 10.0. The molecule has 1 fully saturated rings. The summed E-state index contributed by atoms with van der Waals surface area (Å²) in [7, 11) is 0. The first-order valence-corrected chi connectivity index (χ1v) is 9.13. The van der Waals surface area contributed by atoms with Crippen molar-refractivity contribution in [3.8, 4) is 0 Å². The van der Waals surface area contributed by atoms with Crippen LogP contribution in [-0.2, 0) is 11.2 Å². The molecule has 4 heteroatoms. The Kier molecular flexibility index (Phi) is 5.34. The van der Waals surface area contributed by atoms with Gasteiger partial charge in [-0.05, 0) is 36.1 Å². The molecule has 0 bridgehead atoms. The van der Waals surface area contributed by atoms with E-state index in [4.69, 9.17) is 0 Å². The van der Waals surface area contributed by atoms with E-state index < -0.39 is 0 Å². The van der Waals surface area contributed by atoms with Crippen LogP contribution in [0.15, 0.2) is 48.8 Å². The van der Waals surface area contributed by atoms with Gasteiger partial charge in [0.25, 0.3) is 0 Å². The minimum atomic E-state index is 0.212. The first-order valence-electron chi connectivity index (χ1n) is 8.08. The zero-order valence-electron chi connectivity index (χ0n) is 13.4. The normalized spacial score (nSPS) is 18.5. The number of hydrogen-bond donors (Lipinski definition) is 0. The van der Waals surface area contributed by atoms with Gasteiger partial charge in [-0.1, -0.05) is 30.3 Å². The first kappa shape index (κ1) is 16.1. The largest absolute Gasteiger partial charge is 0.342 e. The average molecular weight is 326 g/mol. The standard InChI is InChI=1S/C19H22N2OS/c1-15-5-2-3-7-17(15)18-8-10-21(11-12-23-18)19(22)13-16-6-4-9-20-14-16/h2-7,9,14,18H,8,10-13H2,1H3/t18-/m1/s1. The zero-order valence-corrected chi connectivity index (χ0v) is 14.3. The molecule has 1 atom stereocenters. The Morgan fingerprint density at radius 3 is 2.91 bits per heavy atom. The predicted molar refractivity (Wildman–Crippen MR) is 95.5 cm³/mol. The van der Waals surface area contributed by atoms with E-state index in [1.54, 1.807) is 12.4 Å². The molecule has 0 saturated carbocycles. The van der Waals surface area contributed by atoms with Crippen LogP contribution in [0.1, 0.15) is 28.4 Å². The Morgan fingerprint density at radius 2 is 2.13 bits per heavy atom. The number of rotatable bonds is 3. The van der Waals surface area contributed by atoms with E-state index in [9.17, 15) is 4.79 Å². The summed E-state index contributed by atoms with van der Waals surface area (Å²) in [5.41, 5.74) is 3.75. The fraction of sp³-hybridized carbons (Fsp3) is 0.368. The Labute approximate surface area is 142 Å². The lowest BCUT2D eigenvalue weighted by Gasteiger charge is -2.20. The third kappa shape index (κ3) is 4.14. The molecular weight excluding hydrogens is 304 g/mol. The summed E-state index contributed by atoms with van der Waals surface area (Å²) in [6.45, 7) is 3.85. The highest BCUT2D eigenvalue weighted by Gasteiger charge is 2.22. The van der Waals surface area contributed by atoms with Gasteiger partial charge in [0, 0.05) is 36.5 Å². The van der Waals surface area contributed by atoms with Crippen LogP contribution in [0.4, 0.5) is 0 Å². The van der Waals surface area contributed by atoms with Crippen molar-refractivity contribution in [1.82, 2.24) is 9.88 Å². The minimum absolute atomic E-state index is 0.212. The second-order valence-corrected chi connectivity index (χ2v) is 7.23. The molecule has 1 aliphatic heterocycles. The fourth-order valence-electron chi connectivity index (χ4n) is 3.01. The third-order valence-corrected chi connectivity index (χ3v) is 5.62. The molecule has 0 N–H and O–H groups in total. The van der Waals surface area contributed by atoms with Gasteiger partial charge in [0.1, 0.15) is 0 Å². The number of aryl methyl sites for hydroxylation is 1. The lowest BCUT2D eigenvalue weighted by molar-refractivity contribution is -0.130. The van der Waals surface area contributed by atoms with Crippen LogP contribution in [0.3, 0.4) is 0 Å². The Hall–Kier alpha value is -1.81. The minimum Gasteiger partial charge on any atom is -0.342 e. The van der Waals surface area contributed by atoms with Crippen molar-refractivity contribution in [2.75, 3.05) is 18.8 Å². The third-order valence-electron chi connectivity index (χ3n) is 4.31. The van der Waals surface area contributed by atoms with E-state index in [1.807, 2.05) is 28.8 Å². The molecule has 3 nitrogen and oxygen atoms in total. The topological polar surface area (TPSA) is 33.2 Å². The molecule has 0 spiro atoms. The Morgan fingerprint density at radius 1 is 1.26 bits per heavy atom. The van der Waals surface area contributed by atoms with E-state index in [0.29, 0.717) is 11.7 Å². The van der Waals surface area contributed by atoms with Crippen molar-refractivity contribution in [3.05, 3.63) is 65.5 Å². The molecule has 0 radical (unpaired) electrons. The van der Waals surface area contributed by atoms with Gasteiger partial charge in [-0.15, -0.1) is 0 Å².